The van der Waals surface area contributed by atoms with Crippen LogP contribution in [0.3, 0.4) is 0 Å². The Balaban J connectivity index is 1.77. The van der Waals surface area contributed by atoms with Gasteiger partial charge in [-0.3, -0.25) is 4.98 Å². The standard InChI is InChI=1S/C23H19F4NO7/c1-4-15-11(2)14(10-32-21(29)30)13-8-19(18(31-3)9-16(13)28-15)33-12-5-6-17-20(7-12)35-23(26,27)22(24,25)34-17/h5-9H,4,10H2,1-3H3,(H,29,30). The highest BCUT2D eigenvalue weighted by molar-refractivity contribution is 5.87. The molecule has 1 aromatic heterocycles. The molecule has 1 aliphatic heterocycles. The summed E-state index contributed by atoms with van der Waals surface area (Å²) >= 11 is 0. The highest BCUT2D eigenvalue weighted by Gasteiger charge is 2.66. The third-order valence-corrected chi connectivity index (χ3v) is 5.38. The van der Waals surface area contributed by atoms with E-state index in [-0.39, 0.29) is 23.9 Å². The molecule has 0 spiro atoms. The first-order valence-corrected chi connectivity index (χ1v) is 10.3. The van der Waals surface area contributed by atoms with Crippen LogP contribution in [0.4, 0.5) is 22.4 Å². The summed E-state index contributed by atoms with van der Waals surface area (Å²) in [7, 11) is 1.38. The van der Waals surface area contributed by atoms with Crippen LogP contribution in [0.2, 0.25) is 0 Å². The van der Waals surface area contributed by atoms with Gasteiger partial charge in [0.1, 0.15) is 12.4 Å². The molecule has 0 bridgehead atoms. The van der Waals surface area contributed by atoms with Gasteiger partial charge in [0.05, 0.1) is 12.6 Å². The molecule has 0 unspecified atom stereocenters. The van der Waals surface area contributed by atoms with Crippen LogP contribution in [-0.4, -0.2) is 35.6 Å². The van der Waals surface area contributed by atoms with Crippen molar-refractivity contribution in [3.8, 4) is 28.7 Å². The van der Waals surface area contributed by atoms with Crippen molar-refractivity contribution < 1.29 is 51.1 Å². The Hall–Kier alpha value is -3.96. The van der Waals surface area contributed by atoms with E-state index >= 15 is 0 Å². The third-order valence-electron chi connectivity index (χ3n) is 5.38. The van der Waals surface area contributed by atoms with Crippen LogP contribution in [-0.2, 0) is 17.8 Å². The van der Waals surface area contributed by atoms with Gasteiger partial charge in [0.15, 0.2) is 23.0 Å². The summed E-state index contributed by atoms with van der Waals surface area (Å²) in [6.07, 6.45) is -10.6. The molecule has 12 heteroatoms. The summed E-state index contributed by atoms with van der Waals surface area (Å²) in [4.78, 5) is 15.6. The van der Waals surface area contributed by atoms with Crippen LogP contribution in [0.1, 0.15) is 23.7 Å². The molecule has 3 aromatic rings. The maximum Gasteiger partial charge on any atom is 0.507 e. The largest absolute Gasteiger partial charge is 0.507 e. The minimum absolute atomic E-state index is 0.0378. The van der Waals surface area contributed by atoms with E-state index in [0.29, 0.717) is 22.9 Å². The number of halogens is 4. The molecule has 0 radical (unpaired) electrons. The van der Waals surface area contributed by atoms with Crippen molar-refractivity contribution in [2.45, 2.75) is 39.1 Å². The first kappa shape index (κ1) is 24.2. The van der Waals surface area contributed by atoms with E-state index in [0.717, 1.165) is 23.4 Å². The quantitative estimate of drug-likeness (QED) is 0.324. The minimum atomic E-state index is -4.88. The smallest absolute Gasteiger partial charge is 0.493 e. The molecule has 0 fully saturated rings. The second kappa shape index (κ2) is 8.67. The number of pyridine rings is 1. The SMILES string of the molecule is CCc1nc2cc(OC)c(Oc3ccc4c(c3)OC(F)(F)C(F)(F)O4)cc2c(COC(=O)O)c1C. The molecule has 2 heterocycles. The maximum atomic E-state index is 13.6. The summed E-state index contributed by atoms with van der Waals surface area (Å²) in [6, 6.07) is 6.31. The van der Waals surface area contributed by atoms with E-state index in [1.165, 1.54) is 19.2 Å². The number of carbonyl (C=O) groups is 1. The number of aryl methyl sites for hydroxylation is 1. The molecule has 0 saturated heterocycles. The number of methoxy groups -OCH3 is 1. The molecular formula is C23H19F4NO7. The summed E-state index contributed by atoms with van der Waals surface area (Å²) in [6.45, 7) is 3.44. The number of hydrogen-bond donors (Lipinski definition) is 1. The molecule has 1 N–H and O–H groups in total. The van der Waals surface area contributed by atoms with E-state index in [2.05, 4.69) is 14.5 Å². The average Bonchev–Trinajstić information content (AvgIpc) is 2.78. The number of benzene rings is 2. The van der Waals surface area contributed by atoms with Crippen LogP contribution in [0, 0.1) is 6.92 Å². The van der Waals surface area contributed by atoms with Gasteiger partial charge in [0.25, 0.3) is 0 Å². The van der Waals surface area contributed by atoms with Gasteiger partial charge in [-0.25, -0.2) is 4.79 Å². The Kier molecular flexibility index (Phi) is 5.99. The highest BCUT2D eigenvalue weighted by Crippen LogP contribution is 2.48. The lowest BCUT2D eigenvalue weighted by atomic mass is 10.0. The molecule has 0 aliphatic carbocycles. The topological polar surface area (TPSA) is 96.3 Å². The average molecular weight is 497 g/mol. The first-order chi connectivity index (χ1) is 16.5. The predicted molar refractivity (Wildman–Crippen MR) is 113 cm³/mol. The molecule has 1 aliphatic rings. The van der Waals surface area contributed by atoms with Gasteiger partial charge in [-0.05, 0) is 37.1 Å². The molecule has 35 heavy (non-hydrogen) atoms. The van der Waals surface area contributed by atoms with Crippen molar-refractivity contribution in [2.75, 3.05) is 7.11 Å². The molecule has 2 aromatic carbocycles. The minimum Gasteiger partial charge on any atom is -0.493 e. The zero-order valence-electron chi connectivity index (χ0n) is 18.7. The zero-order valence-corrected chi connectivity index (χ0v) is 18.7. The Morgan fingerprint density at radius 2 is 1.74 bits per heavy atom. The van der Waals surface area contributed by atoms with Gasteiger partial charge >= 0.3 is 18.4 Å². The molecule has 0 atom stereocenters. The molecule has 0 amide bonds. The summed E-state index contributed by atoms with van der Waals surface area (Å²) in [5.41, 5.74) is 2.53. The molecule has 0 saturated carbocycles. The van der Waals surface area contributed by atoms with Gasteiger partial charge in [0.2, 0.25) is 0 Å². The Bertz CT molecular complexity index is 1310. The Labute approximate surface area is 195 Å². The molecule has 4 rings (SSSR count). The lowest BCUT2D eigenvalue weighted by Gasteiger charge is -2.31. The molecular weight excluding hydrogens is 478 g/mol. The summed E-state index contributed by atoms with van der Waals surface area (Å²) in [5.74, 6) is -0.912. The van der Waals surface area contributed by atoms with Crippen LogP contribution < -0.4 is 18.9 Å². The van der Waals surface area contributed by atoms with Crippen LogP contribution in [0.15, 0.2) is 30.3 Å². The maximum absolute atomic E-state index is 13.6. The van der Waals surface area contributed by atoms with Crippen molar-refractivity contribution in [3.05, 3.63) is 47.2 Å². The second-order valence-electron chi connectivity index (χ2n) is 7.54. The fourth-order valence-corrected chi connectivity index (χ4v) is 3.63. The number of alkyl halides is 4. The van der Waals surface area contributed by atoms with Crippen molar-refractivity contribution in [2.24, 2.45) is 0 Å². The van der Waals surface area contributed by atoms with E-state index in [1.54, 1.807) is 13.0 Å². The number of fused-ring (bicyclic) bond motifs is 2. The third kappa shape index (κ3) is 4.43. The molecule has 186 valence electrons. The first-order valence-electron chi connectivity index (χ1n) is 10.3. The van der Waals surface area contributed by atoms with Crippen molar-refractivity contribution in [3.63, 3.8) is 0 Å². The number of nitrogens with zero attached hydrogens (tertiary/aromatic N) is 1. The van der Waals surface area contributed by atoms with Crippen LogP contribution in [0.25, 0.3) is 10.9 Å². The molecule has 8 nitrogen and oxygen atoms in total. The number of aromatic nitrogens is 1. The fraction of sp³-hybridized carbons (Fsp3) is 0.304. The monoisotopic (exact) mass is 497 g/mol. The lowest BCUT2D eigenvalue weighted by molar-refractivity contribution is -0.391. The fourth-order valence-electron chi connectivity index (χ4n) is 3.63. The number of ether oxygens (including phenoxy) is 5. The van der Waals surface area contributed by atoms with E-state index in [4.69, 9.17) is 19.3 Å². The van der Waals surface area contributed by atoms with Gasteiger partial charge < -0.3 is 28.8 Å². The number of rotatable bonds is 6. The zero-order chi connectivity index (χ0) is 25.5. The summed E-state index contributed by atoms with van der Waals surface area (Å²) < 4.78 is 78.1. The van der Waals surface area contributed by atoms with Crippen molar-refractivity contribution in [1.29, 1.82) is 0 Å². The van der Waals surface area contributed by atoms with Gasteiger partial charge in [-0.1, -0.05) is 6.92 Å². The van der Waals surface area contributed by atoms with Gasteiger partial charge in [-0.2, -0.15) is 17.6 Å². The number of carboxylic acid groups (broad SMARTS) is 1. The Morgan fingerprint density at radius 3 is 2.37 bits per heavy atom. The second-order valence-corrected chi connectivity index (χ2v) is 7.54. The Morgan fingerprint density at radius 1 is 1.06 bits per heavy atom. The van der Waals surface area contributed by atoms with Gasteiger partial charge in [-0.15, -0.1) is 0 Å². The highest BCUT2D eigenvalue weighted by atomic mass is 19.3. The predicted octanol–water partition coefficient (Wildman–Crippen LogP) is 6.06. The van der Waals surface area contributed by atoms with E-state index < -0.39 is 29.9 Å². The van der Waals surface area contributed by atoms with Crippen LogP contribution >= 0.6 is 0 Å². The van der Waals surface area contributed by atoms with E-state index in [9.17, 15) is 22.4 Å². The van der Waals surface area contributed by atoms with Gasteiger partial charge in [0, 0.05) is 28.8 Å². The summed E-state index contributed by atoms with van der Waals surface area (Å²) in [5, 5.41) is 9.47. The lowest BCUT2D eigenvalue weighted by Crippen LogP contribution is -2.52. The number of hydrogen-bond acceptors (Lipinski definition) is 7. The van der Waals surface area contributed by atoms with Crippen molar-refractivity contribution >= 4 is 17.1 Å². The normalized spacial score (nSPS) is 15.5. The van der Waals surface area contributed by atoms with Crippen LogP contribution in [0.5, 0.6) is 28.7 Å². The van der Waals surface area contributed by atoms with E-state index in [1.807, 2.05) is 6.92 Å². The van der Waals surface area contributed by atoms with Crippen molar-refractivity contribution in [1.82, 2.24) is 4.98 Å².